The maximum absolute atomic E-state index is 5.10. The van der Waals surface area contributed by atoms with Crippen molar-refractivity contribution >= 4 is 49.3 Å². The second kappa shape index (κ2) is 9.72. The number of aromatic nitrogens is 3. The molecule has 0 aliphatic rings. The molecule has 0 atom stereocenters. The van der Waals surface area contributed by atoms with Gasteiger partial charge in [0.2, 0.25) is 5.78 Å². The van der Waals surface area contributed by atoms with Gasteiger partial charge in [0, 0.05) is 4.47 Å². The fraction of sp³-hybridized carbons (Fsp3) is 0.0606. The zero-order valence-corrected chi connectivity index (χ0v) is 22.2. The zero-order chi connectivity index (χ0) is 25.4. The second-order valence-corrected chi connectivity index (χ2v) is 9.83. The summed E-state index contributed by atoms with van der Waals surface area (Å²) in [7, 11) is 0. The van der Waals surface area contributed by atoms with Gasteiger partial charge in [-0.3, -0.25) is 8.97 Å². The highest BCUT2D eigenvalue weighted by Crippen LogP contribution is 2.36. The van der Waals surface area contributed by atoms with Crippen molar-refractivity contribution < 1.29 is 0 Å². The SMILES string of the molecule is C=C/C=C\C(=C/CC)c1cc(-c2ccccc2)cc(-n2c3c(Br)cccc3n3c4ccccc4nc23)c1. The Bertz CT molecular complexity index is 1830. The summed E-state index contributed by atoms with van der Waals surface area (Å²) in [6.45, 7) is 6.04. The molecule has 3 nitrogen and oxygen atoms in total. The normalized spacial score (nSPS) is 12.3. The molecule has 0 aliphatic carbocycles. The van der Waals surface area contributed by atoms with Gasteiger partial charge in [-0.15, -0.1) is 0 Å². The van der Waals surface area contributed by atoms with Crippen molar-refractivity contribution in [2.45, 2.75) is 13.3 Å². The highest BCUT2D eigenvalue weighted by Gasteiger charge is 2.20. The number of rotatable bonds is 6. The third kappa shape index (κ3) is 4.04. The number of benzene rings is 4. The molecule has 2 heterocycles. The van der Waals surface area contributed by atoms with E-state index in [2.05, 4.69) is 135 Å². The number of hydrogen-bond acceptors (Lipinski definition) is 1. The monoisotopic (exact) mass is 543 g/mol. The van der Waals surface area contributed by atoms with Gasteiger partial charge in [-0.2, -0.15) is 0 Å². The minimum absolute atomic E-state index is 0.891. The molecule has 6 rings (SSSR count). The molecule has 37 heavy (non-hydrogen) atoms. The lowest BCUT2D eigenvalue weighted by Crippen LogP contribution is -1.98. The van der Waals surface area contributed by atoms with Gasteiger partial charge in [0.1, 0.15) is 0 Å². The van der Waals surface area contributed by atoms with E-state index < -0.39 is 0 Å². The van der Waals surface area contributed by atoms with Crippen LogP contribution in [0.1, 0.15) is 18.9 Å². The largest absolute Gasteiger partial charge is 0.277 e. The van der Waals surface area contributed by atoms with Crippen molar-refractivity contribution in [2.75, 3.05) is 0 Å². The summed E-state index contributed by atoms with van der Waals surface area (Å²) in [6, 6.07) is 32.0. The van der Waals surface area contributed by atoms with Crippen LogP contribution in [0.3, 0.4) is 0 Å². The molecular formula is C33H26BrN3. The Kier molecular flexibility index (Phi) is 6.11. The van der Waals surface area contributed by atoms with E-state index in [9.17, 15) is 0 Å². The maximum atomic E-state index is 5.10. The number of imidazole rings is 2. The van der Waals surface area contributed by atoms with Crippen LogP contribution < -0.4 is 0 Å². The van der Waals surface area contributed by atoms with Crippen LogP contribution in [0.25, 0.3) is 50.2 Å². The molecule has 0 unspecified atom stereocenters. The highest BCUT2D eigenvalue weighted by molar-refractivity contribution is 9.10. The molecular weight excluding hydrogens is 518 g/mol. The van der Waals surface area contributed by atoms with Crippen LogP contribution in [-0.4, -0.2) is 14.0 Å². The summed E-state index contributed by atoms with van der Waals surface area (Å²) in [5.41, 5.74) is 10.00. The summed E-state index contributed by atoms with van der Waals surface area (Å²) in [4.78, 5) is 5.10. The van der Waals surface area contributed by atoms with Crippen molar-refractivity contribution in [3.05, 3.63) is 132 Å². The van der Waals surface area contributed by atoms with Crippen molar-refractivity contribution in [3.63, 3.8) is 0 Å². The van der Waals surface area contributed by atoms with E-state index in [1.54, 1.807) is 0 Å². The number of para-hydroxylation sites is 3. The van der Waals surface area contributed by atoms with E-state index >= 15 is 0 Å². The lowest BCUT2D eigenvalue weighted by molar-refractivity contribution is 1.11. The molecule has 0 amide bonds. The Labute approximate surface area is 224 Å². The maximum Gasteiger partial charge on any atom is 0.220 e. The van der Waals surface area contributed by atoms with Gasteiger partial charge in [-0.25, -0.2) is 4.98 Å². The molecule has 0 N–H and O–H groups in total. The van der Waals surface area contributed by atoms with Crippen LogP contribution >= 0.6 is 15.9 Å². The van der Waals surface area contributed by atoms with E-state index in [4.69, 9.17) is 4.98 Å². The second-order valence-electron chi connectivity index (χ2n) is 8.98. The number of halogens is 1. The number of allylic oxidation sites excluding steroid dienone is 5. The predicted octanol–water partition coefficient (Wildman–Crippen LogP) is 9.40. The quantitative estimate of drug-likeness (QED) is 0.192. The summed E-state index contributed by atoms with van der Waals surface area (Å²) >= 11 is 3.85. The van der Waals surface area contributed by atoms with Gasteiger partial charge in [0.25, 0.3) is 0 Å². The first-order chi connectivity index (χ1) is 18.2. The third-order valence-electron chi connectivity index (χ3n) is 6.63. The molecule has 6 aromatic rings. The molecule has 0 radical (unpaired) electrons. The first-order valence-corrected chi connectivity index (χ1v) is 13.3. The van der Waals surface area contributed by atoms with Crippen molar-refractivity contribution in [1.82, 2.24) is 14.0 Å². The lowest BCUT2D eigenvalue weighted by atomic mass is 9.97. The number of fused-ring (bicyclic) bond motifs is 5. The van der Waals surface area contributed by atoms with Crippen LogP contribution in [0.5, 0.6) is 0 Å². The van der Waals surface area contributed by atoms with E-state index in [0.717, 1.165) is 55.6 Å². The van der Waals surface area contributed by atoms with E-state index in [1.807, 2.05) is 18.2 Å². The first kappa shape index (κ1) is 23.3. The van der Waals surface area contributed by atoms with Crippen LogP contribution in [0, 0.1) is 0 Å². The van der Waals surface area contributed by atoms with Gasteiger partial charge in [-0.1, -0.05) is 86.3 Å². The molecule has 2 aromatic heterocycles. The first-order valence-electron chi connectivity index (χ1n) is 12.5. The van der Waals surface area contributed by atoms with E-state index in [1.165, 1.54) is 11.1 Å². The van der Waals surface area contributed by atoms with Gasteiger partial charge in [0.05, 0.1) is 27.8 Å². The molecule has 0 saturated carbocycles. The standard InChI is InChI=1S/C33H26BrN3/c1-3-5-13-23(12-4-2)25-20-26(24-14-7-6-8-15-24)22-27(21-25)36-32-28(34)16-11-19-31(32)37-30-18-10-9-17-29(30)35-33(36)37/h3,5-22H,1,4H2,2H3/b13-5-,23-12+. The molecule has 0 saturated heterocycles. The lowest BCUT2D eigenvalue weighted by Gasteiger charge is -2.14. The fourth-order valence-corrected chi connectivity index (χ4v) is 5.56. The topological polar surface area (TPSA) is 22.2 Å². The molecule has 0 fully saturated rings. The van der Waals surface area contributed by atoms with Gasteiger partial charge < -0.3 is 0 Å². The Morgan fingerprint density at radius 1 is 0.892 bits per heavy atom. The average Bonchev–Trinajstić information content (AvgIpc) is 3.47. The van der Waals surface area contributed by atoms with E-state index in [-0.39, 0.29) is 0 Å². The van der Waals surface area contributed by atoms with Crippen LogP contribution in [0.15, 0.2) is 126 Å². The van der Waals surface area contributed by atoms with Crippen molar-refractivity contribution in [1.29, 1.82) is 0 Å². The average molecular weight is 544 g/mol. The molecule has 4 heteroatoms. The molecule has 4 aromatic carbocycles. The summed E-state index contributed by atoms with van der Waals surface area (Å²) in [5, 5.41) is 0. The van der Waals surface area contributed by atoms with Crippen LogP contribution in [-0.2, 0) is 0 Å². The smallest absolute Gasteiger partial charge is 0.220 e. The summed E-state index contributed by atoms with van der Waals surface area (Å²) in [5.74, 6) is 0.891. The third-order valence-corrected chi connectivity index (χ3v) is 7.27. The fourth-order valence-electron chi connectivity index (χ4n) is 5.03. The number of hydrogen-bond donors (Lipinski definition) is 0. The molecule has 0 spiro atoms. The van der Waals surface area contributed by atoms with Crippen LogP contribution in [0.2, 0.25) is 0 Å². The van der Waals surface area contributed by atoms with Gasteiger partial charge >= 0.3 is 0 Å². The van der Waals surface area contributed by atoms with Crippen molar-refractivity contribution in [2.24, 2.45) is 0 Å². The predicted molar refractivity (Wildman–Crippen MR) is 160 cm³/mol. The molecule has 0 aliphatic heterocycles. The zero-order valence-electron chi connectivity index (χ0n) is 20.6. The summed E-state index contributed by atoms with van der Waals surface area (Å²) < 4.78 is 5.56. The number of nitrogens with zero attached hydrogens (tertiary/aromatic N) is 3. The van der Waals surface area contributed by atoms with Gasteiger partial charge in [-0.05, 0) is 87.1 Å². The Balaban J connectivity index is 1.73. The van der Waals surface area contributed by atoms with Gasteiger partial charge in [0.15, 0.2) is 0 Å². The molecule has 180 valence electrons. The minimum Gasteiger partial charge on any atom is -0.277 e. The molecule has 0 bridgehead atoms. The van der Waals surface area contributed by atoms with Crippen molar-refractivity contribution in [3.8, 4) is 16.8 Å². The van der Waals surface area contributed by atoms with E-state index in [0.29, 0.717) is 0 Å². The highest BCUT2D eigenvalue weighted by atomic mass is 79.9. The van der Waals surface area contributed by atoms with Crippen LogP contribution in [0.4, 0.5) is 0 Å². The Morgan fingerprint density at radius 2 is 1.68 bits per heavy atom. The summed E-state index contributed by atoms with van der Waals surface area (Å²) in [6.07, 6.45) is 9.15. The Morgan fingerprint density at radius 3 is 2.49 bits per heavy atom. The Hall–Kier alpha value is -4.15. The minimum atomic E-state index is 0.891.